The maximum absolute atomic E-state index is 5.96. The molecule has 0 saturated carbocycles. The highest BCUT2D eigenvalue weighted by atomic mass is 35.5. The summed E-state index contributed by atoms with van der Waals surface area (Å²) in [4.78, 5) is 13.1. The fourth-order valence-electron chi connectivity index (χ4n) is 2.57. The summed E-state index contributed by atoms with van der Waals surface area (Å²) in [6, 6.07) is 0.394. The number of nitrogens with zero attached hydrogens (tertiary/aromatic N) is 4. The van der Waals surface area contributed by atoms with Gasteiger partial charge in [-0.2, -0.15) is 0 Å². The third-order valence-corrected chi connectivity index (χ3v) is 4.03. The number of halogens is 1. The van der Waals surface area contributed by atoms with Crippen LogP contribution in [0.25, 0.3) is 0 Å². The Labute approximate surface area is 137 Å². The Morgan fingerprint density at radius 1 is 1.32 bits per heavy atom. The van der Waals surface area contributed by atoms with E-state index in [1.807, 2.05) is 6.08 Å². The highest BCUT2D eigenvalue weighted by Crippen LogP contribution is 2.13. The average Bonchev–Trinajstić information content (AvgIpc) is 2.72. The van der Waals surface area contributed by atoms with Crippen LogP contribution in [-0.2, 0) is 0 Å². The Bertz CT molecular complexity index is 454. The second kappa shape index (κ2) is 9.08. The number of likely N-dealkylation sites (N-methyl/N-ethyl adjacent to an activating group) is 1. The predicted molar refractivity (Wildman–Crippen MR) is 89.4 cm³/mol. The smallest absolute Gasteiger partial charge is 0.316 e. The summed E-state index contributed by atoms with van der Waals surface area (Å²) >= 11 is 5.81. The highest BCUT2D eigenvalue weighted by Gasteiger charge is 2.19. The lowest BCUT2D eigenvalue weighted by atomic mass is 10.2. The maximum atomic E-state index is 5.96. The lowest BCUT2D eigenvalue weighted by Crippen LogP contribution is -2.38. The van der Waals surface area contributed by atoms with Crippen molar-refractivity contribution < 1.29 is 4.74 Å². The van der Waals surface area contributed by atoms with Crippen LogP contribution < -0.4 is 4.74 Å². The molecule has 0 amide bonds. The van der Waals surface area contributed by atoms with Gasteiger partial charge in [0.15, 0.2) is 0 Å². The van der Waals surface area contributed by atoms with Crippen molar-refractivity contribution in [3.8, 4) is 6.01 Å². The van der Waals surface area contributed by atoms with Gasteiger partial charge in [0, 0.05) is 19.6 Å². The van der Waals surface area contributed by atoms with Gasteiger partial charge in [0.1, 0.15) is 6.10 Å². The molecule has 1 aliphatic rings. The van der Waals surface area contributed by atoms with Crippen LogP contribution in [0.1, 0.15) is 19.3 Å². The maximum Gasteiger partial charge on any atom is 0.316 e. The van der Waals surface area contributed by atoms with Crippen molar-refractivity contribution in [1.29, 1.82) is 0 Å². The first kappa shape index (κ1) is 17.2. The summed E-state index contributed by atoms with van der Waals surface area (Å²) in [6.07, 6.45) is 8.17. The summed E-state index contributed by atoms with van der Waals surface area (Å²) in [5.41, 5.74) is 0. The lowest BCUT2D eigenvalue weighted by Gasteiger charge is -2.26. The first-order chi connectivity index (χ1) is 10.7. The van der Waals surface area contributed by atoms with Crippen molar-refractivity contribution in [3.05, 3.63) is 30.1 Å². The number of hydrogen-bond donors (Lipinski definition) is 0. The predicted octanol–water partition coefficient (Wildman–Crippen LogP) is 2.48. The topological polar surface area (TPSA) is 41.5 Å². The monoisotopic (exact) mass is 324 g/mol. The normalized spacial score (nSPS) is 18.6. The molecule has 1 unspecified atom stereocenters. The third-order valence-electron chi connectivity index (χ3n) is 3.84. The Morgan fingerprint density at radius 3 is 2.82 bits per heavy atom. The number of allylic oxidation sites excluding steroid dienone is 1. The minimum atomic E-state index is 0.0718. The minimum Gasteiger partial charge on any atom is -0.459 e. The SMILES string of the molecule is C=CCCC(CN1CCCN(C)CC1)Oc1ncc(Cl)cn1. The van der Waals surface area contributed by atoms with Crippen molar-refractivity contribution in [1.82, 2.24) is 19.8 Å². The van der Waals surface area contributed by atoms with Gasteiger partial charge in [-0.25, -0.2) is 9.97 Å². The molecule has 0 spiro atoms. The second-order valence-corrected chi connectivity index (χ2v) is 6.18. The Balaban J connectivity index is 1.92. The summed E-state index contributed by atoms with van der Waals surface area (Å²) in [7, 11) is 2.18. The van der Waals surface area contributed by atoms with Crippen LogP contribution in [0.4, 0.5) is 0 Å². The number of rotatable bonds is 7. The molecule has 1 aliphatic heterocycles. The molecule has 0 aromatic carbocycles. The zero-order valence-corrected chi connectivity index (χ0v) is 14.0. The van der Waals surface area contributed by atoms with Gasteiger partial charge >= 0.3 is 6.01 Å². The van der Waals surface area contributed by atoms with Crippen molar-refractivity contribution in [2.75, 3.05) is 39.8 Å². The summed E-state index contributed by atoms with van der Waals surface area (Å²) in [5, 5.41) is 0.519. The molecule has 22 heavy (non-hydrogen) atoms. The molecule has 0 bridgehead atoms. The Kier molecular flexibility index (Phi) is 7.09. The van der Waals surface area contributed by atoms with E-state index in [1.165, 1.54) is 6.42 Å². The molecule has 1 fully saturated rings. The number of aromatic nitrogens is 2. The third kappa shape index (κ3) is 5.91. The van der Waals surface area contributed by atoms with Gasteiger partial charge in [-0.05, 0) is 39.4 Å². The van der Waals surface area contributed by atoms with Crippen LogP contribution in [0.2, 0.25) is 5.02 Å². The molecule has 6 heteroatoms. The summed E-state index contributed by atoms with van der Waals surface area (Å²) < 4.78 is 5.96. The van der Waals surface area contributed by atoms with Gasteiger partial charge < -0.3 is 9.64 Å². The first-order valence-electron chi connectivity index (χ1n) is 7.83. The van der Waals surface area contributed by atoms with Crippen LogP contribution in [-0.4, -0.2) is 65.6 Å². The van der Waals surface area contributed by atoms with E-state index in [0.717, 1.165) is 45.6 Å². The zero-order valence-electron chi connectivity index (χ0n) is 13.2. The fraction of sp³-hybridized carbons (Fsp3) is 0.625. The van der Waals surface area contributed by atoms with E-state index in [4.69, 9.17) is 16.3 Å². The minimum absolute atomic E-state index is 0.0718. The second-order valence-electron chi connectivity index (χ2n) is 5.75. The molecule has 1 atom stereocenters. The molecule has 1 aromatic heterocycles. The molecule has 5 nitrogen and oxygen atoms in total. The number of hydrogen-bond acceptors (Lipinski definition) is 5. The molecular formula is C16H25ClN4O. The zero-order chi connectivity index (χ0) is 15.8. The van der Waals surface area contributed by atoms with Crippen molar-refractivity contribution in [2.24, 2.45) is 0 Å². The summed E-state index contributed by atoms with van der Waals surface area (Å²) in [6.45, 7) is 9.15. The largest absolute Gasteiger partial charge is 0.459 e. The Morgan fingerprint density at radius 2 is 2.09 bits per heavy atom. The van der Waals surface area contributed by atoms with E-state index in [0.29, 0.717) is 11.0 Å². The summed E-state index contributed by atoms with van der Waals surface area (Å²) in [5.74, 6) is 0. The van der Waals surface area contributed by atoms with E-state index in [9.17, 15) is 0 Å². The van der Waals surface area contributed by atoms with Gasteiger partial charge in [-0.15, -0.1) is 6.58 Å². The molecule has 0 aliphatic carbocycles. The van der Waals surface area contributed by atoms with Crippen molar-refractivity contribution >= 4 is 11.6 Å². The molecule has 122 valence electrons. The van der Waals surface area contributed by atoms with Crippen LogP contribution in [0.5, 0.6) is 6.01 Å². The van der Waals surface area contributed by atoms with Crippen molar-refractivity contribution in [3.63, 3.8) is 0 Å². The van der Waals surface area contributed by atoms with E-state index in [-0.39, 0.29) is 6.10 Å². The quantitative estimate of drug-likeness (QED) is 0.721. The van der Waals surface area contributed by atoms with E-state index >= 15 is 0 Å². The fourth-order valence-corrected chi connectivity index (χ4v) is 2.67. The highest BCUT2D eigenvalue weighted by molar-refractivity contribution is 6.30. The average molecular weight is 325 g/mol. The lowest BCUT2D eigenvalue weighted by molar-refractivity contribution is 0.118. The van der Waals surface area contributed by atoms with E-state index < -0.39 is 0 Å². The van der Waals surface area contributed by atoms with Gasteiger partial charge in [-0.1, -0.05) is 17.7 Å². The molecule has 1 aromatic rings. The molecule has 1 saturated heterocycles. The van der Waals surface area contributed by atoms with Crippen LogP contribution in [0.3, 0.4) is 0 Å². The molecule has 2 heterocycles. The van der Waals surface area contributed by atoms with Crippen LogP contribution in [0.15, 0.2) is 25.0 Å². The Hall–Kier alpha value is -1.17. The van der Waals surface area contributed by atoms with Gasteiger partial charge in [0.05, 0.1) is 17.4 Å². The van der Waals surface area contributed by atoms with Crippen LogP contribution in [0, 0.1) is 0 Å². The van der Waals surface area contributed by atoms with Crippen LogP contribution >= 0.6 is 11.6 Å². The molecule has 0 radical (unpaired) electrons. The molecule has 0 N–H and O–H groups in total. The van der Waals surface area contributed by atoms with Gasteiger partial charge in [0.25, 0.3) is 0 Å². The van der Waals surface area contributed by atoms with Crippen molar-refractivity contribution in [2.45, 2.75) is 25.4 Å². The standard InChI is InChI=1S/C16H25ClN4O/c1-3-4-6-15(22-16-18-11-14(17)12-19-16)13-21-8-5-7-20(2)9-10-21/h3,11-12,15H,1,4-10,13H2,2H3. The van der Waals surface area contributed by atoms with Gasteiger partial charge in [0.2, 0.25) is 0 Å². The van der Waals surface area contributed by atoms with Gasteiger partial charge in [-0.3, -0.25) is 4.90 Å². The molecular weight excluding hydrogens is 300 g/mol. The molecule has 2 rings (SSSR count). The number of ether oxygens (including phenoxy) is 1. The van der Waals surface area contributed by atoms with E-state index in [1.54, 1.807) is 12.4 Å². The first-order valence-corrected chi connectivity index (χ1v) is 8.21. The van der Waals surface area contributed by atoms with E-state index in [2.05, 4.69) is 33.4 Å².